The molecular weight excluding hydrogens is 363 g/mol. The summed E-state index contributed by atoms with van der Waals surface area (Å²) in [7, 11) is -3.09. The third kappa shape index (κ3) is 5.32. The SMILES string of the molecule is CC(C)Cc1nc(F)c2cnc(N)nn12.CS(=O)(=O)N1CCCC(O)C1. The average molecular weight is 388 g/mol. The summed E-state index contributed by atoms with van der Waals surface area (Å²) in [5.74, 6) is 0.522. The number of halogens is 1. The van der Waals surface area contributed by atoms with Crippen LogP contribution in [0.1, 0.15) is 32.5 Å². The molecule has 2 aromatic rings. The molecule has 3 N–H and O–H groups in total. The number of aliphatic hydroxyl groups is 1. The highest BCUT2D eigenvalue weighted by Gasteiger charge is 2.23. The van der Waals surface area contributed by atoms with Crippen LogP contribution in [0.4, 0.5) is 10.3 Å². The molecule has 1 aliphatic rings. The number of β-amino-alcohol motifs (C(OH)–C–C–N with tert-alkyl or cyclic N) is 1. The fourth-order valence-corrected chi connectivity index (χ4v) is 3.54. The highest BCUT2D eigenvalue weighted by molar-refractivity contribution is 7.88. The number of hydrogen-bond acceptors (Lipinski definition) is 7. The van der Waals surface area contributed by atoms with Crippen molar-refractivity contribution in [3.63, 3.8) is 0 Å². The van der Waals surface area contributed by atoms with Crippen molar-refractivity contribution in [1.82, 2.24) is 23.9 Å². The van der Waals surface area contributed by atoms with E-state index in [1.807, 2.05) is 13.8 Å². The molecule has 0 amide bonds. The van der Waals surface area contributed by atoms with Crippen LogP contribution in [0.25, 0.3) is 5.52 Å². The number of sulfonamides is 1. The molecule has 2 aromatic heterocycles. The van der Waals surface area contributed by atoms with E-state index in [1.165, 1.54) is 21.3 Å². The van der Waals surface area contributed by atoms with Crippen LogP contribution in [0.2, 0.25) is 0 Å². The number of nitrogens with zero attached hydrogens (tertiary/aromatic N) is 5. The fourth-order valence-electron chi connectivity index (χ4n) is 2.64. The first-order valence-electron chi connectivity index (χ1n) is 8.36. The third-order valence-electron chi connectivity index (χ3n) is 3.85. The first-order valence-corrected chi connectivity index (χ1v) is 10.2. The van der Waals surface area contributed by atoms with E-state index in [4.69, 9.17) is 10.8 Å². The molecule has 0 aliphatic carbocycles. The van der Waals surface area contributed by atoms with Gasteiger partial charge in [0.25, 0.3) is 0 Å². The Balaban J connectivity index is 0.000000197. The standard InChI is InChI=1S/C9H12FN5.C6H13NO3S/c1-5(2)3-7-13-8(10)6-4-12-9(11)14-15(6)7;1-11(9,10)7-4-2-3-6(8)5-7/h4-5H,3H2,1-2H3,(H2,11,14);6,8H,2-5H2,1H3. The molecule has 0 saturated carbocycles. The van der Waals surface area contributed by atoms with Crippen molar-refractivity contribution in [3.8, 4) is 0 Å². The molecule has 0 spiro atoms. The van der Waals surface area contributed by atoms with Crippen LogP contribution in [0.5, 0.6) is 0 Å². The highest BCUT2D eigenvalue weighted by atomic mass is 32.2. The number of hydrogen-bond donors (Lipinski definition) is 2. The molecule has 1 atom stereocenters. The summed E-state index contributed by atoms with van der Waals surface area (Å²) in [6, 6.07) is 0. The molecule has 1 fully saturated rings. The zero-order chi connectivity index (χ0) is 19.5. The number of imidazole rings is 1. The summed E-state index contributed by atoms with van der Waals surface area (Å²) in [4.78, 5) is 7.54. The van der Waals surface area contributed by atoms with Crippen LogP contribution in [0, 0.1) is 11.9 Å². The summed E-state index contributed by atoms with van der Waals surface area (Å²) in [5.41, 5.74) is 5.70. The van der Waals surface area contributed by atoms with Crippen molar-refractivity contribution in [3.05, 3.63) is 18.0 Å². The van der Waals surface area contributed by atoms with Crippen LogP contribution in [0.3, 0.4) is 0 Å². The lowest BCUT2D eigenvalue weighted by molar-refractivity contribution is 0.108. The largest absolute Gasteiger partial charge is 0.392 e. The summed E-state index contributed by atoms with van der Waals surface area (Å²) >= 11 is 0. The molecular formula is C15H25FN6O3S. The fraction of sp³-hybridized carbons (Fsp3) is 0.667. The van der Waals surface area contributed by atoms with E-state index >= 15 is 0 Å². The number of rotatable bonds is 3. The molecule has 26 heavy (non-hydrogen) atoms. The average Bonchev–Trinajstić information content (AvgIpc) is 2.82. The Morgan fingerprint density at radius 1 is 1.46 bits per heavy atom. The number of fused-ring (bicyclic) bond motifs is 1. The highest BCUT2D eigenvalue weighted by Crippen LogP contribution is 2.13. The van der Waals surface area contributed by atoms with Gasteiger partial charge in [-0.2, -0.15) is 8.70 Å². The van der Waals surface area contributed by atoms with Gasteiger partial charge in [0.2, 0.25) is 21.9 Å². The van der Waals surface area contributed by atoms with Gasteiger partial charge in [-0.05, 0) is 18.8 Å². The quantitative estimate of drug-likeness (QED) is 0.781. The molecule has 1 unspecified atom stereocenters. The second-order valence-corrected chi connectivity index (χ2v) is 8.73. The molecule has 11 heteroatoms. The van der Waals surface area contributed by atoms with Crippen LogP contribution in [-0.2, 0) is 16.4 Å². The minimum Gasteiger partial charge on any atom is -0.392 e. The molecule has 0 aromatic carbocycles. The second-order valence-electron chi connectivity index (χ2n) is 6.75. The number of anilines is 1. The molecule has 3 heterocycles. The third-order valence-corrected chi connectivity index (χ3v) is 5.12. The lowest BCUT2D eigenvalue weighted by Crippen LogP contribution is -2.41. The second kappa shape index (κ2) is 8.23. The number of aromatic nitrogens is 4. The minimum absolute atomic E-state index is 0.116. The van der Waals surface area contributed by atoms with Gasteiger partial charge in [0.15, 0.2) is 0 Å². The van der Waals surface area contributed by atoms with E-state index in [-0.39, 0.29) is 18.0 Å². The Hall–Kier alpha value is -1.85. The lowest BCUT2D eigenvalue weighted by atomic mass is 10.1. The first-order chi connectivity index (χ1) is 12.1. The zero-order valence-corrected chi connectivity index (χ0v) is 15.9. The number of piperidine rings is 1. The molecule has 0 radical (unpaired) electrons. The van der Waals surface area contributed by atoms with Gasteiger partial charge in [-0.1, -0.05) is 13.8 Å². The van der Waals surface area contributed by atoms with Crippen LogP contribution < -0.4 is 5.73 Å². The van der Waals surface area contributed by atoms with Gasteiger partial charge in [-0.15, -0.1) is 5.10 Å². The van der Waals surface area contributed by atoms with Crippen molar-refractivity contribution < 1.29 is 17.9 Å². The lowest BCUT2D eigenvalue weighted by Gasteiger charge is -2.27. The number of nitrogens with two attached hydrogens (primary N) is 1. The Morgan fingerprint density at radius 2 is 2.15 bits per heavy atom. The van der Waals surface area contributed by atoms with Gasteiger partial charge >= 0.3 is 0 Å². The van der Waals surface area contributed by atoms with E-state index in [0.717, 1.165) is 6.42 Å². The van der Waals surface area contributed by atoms with E-state index in [0.29, 0.717) is 31.1 Å². The maximum Gasteiger partial charge on any atom is 0.242 e. The Morgan fingerprint density at radius 3 is 2.69 bits per heavy atom. The molecule has 9 nitrogen and oxygen atoms in total. The Labute approximate surface area is 152 Å². The van der Waals surface area contributed by atoms with Crippen LogP contribution in [-0.4, -0.2) is 62.9 Å². The van der Waals surface area contributed by atoms with E-state index in [9.17, 15) is 12.8 Å². The topological polar surface area (TPSA) is 127 Å². The zero-order valence-electron chi connectivity index (χ0n) is 15.1. The van der Waals surface area contributed by atoms with Crippen molar-refractivity contribution in [2.45, 2.75) is 39.2 Å². The smallest absolute Gasteiger partial charge is 0.242 e. The predicted octanol–water partition coefficient (Wildman–Crippen LogP) is 0.447. The summed E-state index contributed by atoms with van der Waals surface area (Å²) < 4.78 is 38.0. The van der Waals surface area contributed by atoms with Crippen LogP contribution >= 0.6 is 0 Å². The van der Waals surface area contributed by atoms with Crippen LogP contribution in [0.15, 0.2) is 6.20 Å². The van der Waals surface area contributed by atoms with Crippen molar-refractivity contribution in [2.24, 2.45) is 5.92 Å². The van der Waals surface area contributed by atoms with Gasteiger partial charge in [-0.25, -0.2) is 22.9 Å². The molecule has 146 valence electrons. The normalized spacial score (nSPS) is 18.8. The minimum atomic E-state index is -3.09. The maximum absolute atomic E-state index is 13.3. The van der Waals surface area contributed by atoms with Gasteiger partial charge in [0.1, 0.15) is 11.3 Å². The maximum atomic E-state index is 13.3. The van der Waals surface area contributed by atoms with Crippen molar-refractivity contribution >= 4 is 21.5 Å². The van der Waals surface area contributed by atoms with Crippen molar-refractivity contribution in [2.75, 3.05) is 25.1 Å². The Bertz CT molecular complexity index is 854. The predicted molar refractivity (Wildman–Crippen MR) is 95.4 cm³/mol. The summed E-state index contributed by atoms with van der Waals surface area (Å²) in [5, 5.41) is 13.1. The van der Waals surface area contributed by atoms with E-state index < -0.39 is 22.1 Å². The molecule has 1 saturated heterocycles. The van der Waals surface area contributed by atoms with E-state index in [1.54, 1.807) is 0 Å². The van der Waals surface area contributed by atoms with Crippen molar-refractivity contribution in [1.29, 1.82) is 0 Å². The van der Waals surface area contributed by atoms with Gasteiger partial charge in [0.05, 0.1) is 18.6 Å². The number of nitrogen functional groups attached to an aromatic ring is 1. The Kier molecular flexibility index (Phi) is 6.48. The molecule has 3 rings (SSSR count). The van der Waals surface area contributed by atoms with Gasteiger partial charge in [-0.3, -0.25) is 0 Å². The van der Waals surface area contributed by atoms with Gasteiger partial charge in [0, 0.05) is 19.5 Å². The summed E-state index contributed by atoms with van der Waals surface area (Å²) in [6.07, 6.45) is 4.17. The monoisotopic (exact) mass is 388 g/mol. The molecule has 1 aliphatic heterocycles. The van der Waals surface area contributed by atoms with Gasteiger partial charge < -0.3 is 10.8 Å². The van der Waals surface area contributed by atoms with E-state index in [2.05, 4.69) is 15.1 Å². The summed E-state index contributed by atoms with van der Waals surface area (Å²) in [6.45, 7) is 4.88. The first kappa shape index (κ1) is 20.5. The molecule has 0 bridgehead atoms. The number of aliphatic hydroxyl groups excluding tert-OH is 1.